The van der Waals surface area contributed by atoms with Crippen LogP contribution in [0.15, 0.2) is 54.6 Å². The van der Waals surface area contributed by atoms with Crippen molar-refractivity contribution in [3.8, 4) is 0 Å². The molecule has 1 unspecified atom stereocenters. The molecule has 0 aliphatic rings. The average molecular weight is 301 g/mol. The average Bonchev–Trinajstić information content (AvgIpc) is 2.58. The van der Waals surface area contributed by atoms with Crippen molar-refractivity contribution in [2.75, 3.05) is 7.11 Å². The zero-order valence-corrected chi connectivity index (χ0v) is 12.4. The molecular formula is C17H19NO4. The van der Waals surface area contributed by atoms with Gasteiger partial charge in [0.05, 0.1) is 13.7 Å². The normalized spacial score (nSPS) is 11.9. The number of esters is 1. The number of benzene rings is 2. The van der Waals surface area contributed by atoms with E-state index < -0.39 is 12.1 Å². The van der Waals surface area contributed by atoms with Crippen molar-refractivity contribution in [1.29, 1.82) is 0 Å². The number of aliphatic hydroxyl groups excluding tert-OH is 1. The van der Waals surface area contributed by atoms with E-state index in [1.54, 1.807) is 18.2 Å². The van der Waals surface area contributed by atoms with E-state index in [9.17, 15) is 9.90 Å². The summed E-state index contributed by atoms with van der Waals surface area (Å²) in [6, 6.07) is 16.9. The maximum absolute atomic E-state index is 11.5. The van der Waals surface area contributed by atoms with Crippen molar-refractivity contribution >= 4 is 5.97 Å². The molecule has 0 amide bonds. The van der Waals surface area contributed by atoms with Crippen molar-refractivity contribution in [2.24, 2.45) is 0 Å². The summed E-state index contributed by atoms with van der Waals surface area (Å²) in [6.07, 6.45) is -1.31. The standard InChI is InChI=1S/C17H19NO4/c1-21-17(20)16(19)15-10-6-5-9-14(15)12-22-18-11-13-7-3-2-4-8-13/h2-10,16,18-19H,11-12H2,1H3. The Kier molecular flexibility index (Phi) is 6.09. The van der Waals surface area contributed by atoms with Crippen LogP contribution in [0.2, 0.25) is 0 Å². The number of carbonyl (C=O) groups excluding carboxylic acids is 1. The van der Waals surface area contributed by atoms with E-state index in [-0.39, 0.29) is 6.61 Å². The molecule has 0 saturated heterocycles. The summed E-state index contributed by atoms with van der Waals surface area (Å²) in [5, 5.41) is 9.95. The van der Waals surface area contributed by atoms with E-state index in [1.165, 1.54) is 7.11 Å². The minimum Gasteiger partial charge on any atom is -0.467 e. The minimum atomic E-state index is -1.31. The molecule has 0 saturated carbocycles. The predicted molar refractivity (Wildman–Crippen MR) is 81.5 cm³/mol. The third-order valence-corrected chi connectivity index (χ3v) is 3.22. The summed E-state index contributed by atoms with van der Waals surface area (Å²) in [5.41, 5.74) is 5.17. The summed E-state index contributed by atoms with van der Waals surface area (Å²) in [7, 11) is 1.24. The van der Waals surface area contributed by atoms with Crippen molar-refractivity contribution in [1.82, 2.24) is 5.48 Å². The Bertz CT molecular complexity index is 601. The Hall–Kier alpha value is -2.21. The van der Waals surface area contributed by atoms with Gasteiger partial charge in [-0.2, -0.15) is 5.48 Å². The Morgan fingerprint density at radius 2 is 1.82 bits per heavy atom. The van der Waals surface area contributed by atoms with Crippen LogP contribution < -0.4 is 5.48 Å². The molecule has 5 heteroatoms. The van der Waals surface area contributed by atoms with E-state index in [4.69, 9.17) is 4.84 Å². The van der Waals surface area contributed by atoms with Crippen LogP contribution in [0.25, 0.3) is 0 Å². The Balaban J connectivity index is 1.91. The first kappa shape index (κ1) is 16.2. The Labute approximate surface area is 129 Å². The van der Waals surface area contributed by atoms with Gasteiger partial charge in [0.1, 0.15) is 0 Å². The molecule has 2 aromatic rings. The molecule has 0 spiro atoms. The van der Waals surface area contributed by atoms with Gasteiger partial charge in [-0.25, -0.2) is 4.79 Å². The maximum atomic E-state index is 11.5. The van der Waals surface area contributed by atoms with Gasteiger partial charge in [0.15, 0.2) is 6.10 Å². The van der Waals surface area contributed by atoms with Crippen molar-refractivity contribution in [2.45, 2.75) is 19.3 Å². The van der Waals surface area contributed by atoms with Crippen LogP contribution in [0.3, 0.4) is 0 Å². The molecule has 0 fully saturated rings. The van der Waals surface area contributed by atoms with Gasteiger partial charge in [0.25, 0.3) is 0 Å². The van der Waals surface area contributed by atoms with Gasteiger partial charge in [-0.15, -0.1) is 0 Å². The van der Waals surface area contributed by atoms with Crippen molar-refractivity contribution in [3.05, 3.63) is 71.3 Å². The quantitative estimate of drug-likeness (QED) is 0.466. The van der Waals surface area contributed by atoms with Crippen LogP contribution in [0, 0.1) is 0 Å². The SMILES string of the molecule is COC(=O)C(O)c1ccccc1CONCc1ccccc1. The molecular weight excluding hydrogens is 282 g/mol. The largest absolute Gasteiger partial charge is 0.467 e. The highest BCUT2D eigenvalue weighted by atomic mass is 16.6. The number of hydroxylamine groups is 1. The zero-order chi connectivity index (χ0) is 15.8. The molecule has 1 atom stereocenters. The van der Waals surface area contributed by atoms with Gasteiger partial charge in [-0.3, -0.25) is 4.84 Å². The molecule has 0 heterocycles. The lowest BCUT2D eigenvalue weighted by molar-refractivity contribution is -0.150. The number of hydrogen-bond donors (Lipinski definition) is 2. The first-order chi connectivity index (χ1) is 10.7. The number of rotatable bonds is 7. The summed E-state index contributed by atoms with van der Waals surface area (Å²) in [4.78, 5) is 16.9. The van der Waals surface area contributed by atoms with Gasteiger partial charge < -0.3 is 9.84 Å². The lowest BCUT2D eigenvalue weighted by Crippen LogP contribution is -2.18. The lowest BCUT2D eigenvalue weighted by Gasteiger charge is -2.14. The number of ether oxygens (including phenoxy) is 1. The lowest BCUT2D eigenvalue weighted by atomic mass is 10.0. The van der Waals surface area contributed by atoms with Crippen LogP contribution >= 0.6 is 0 Å². The van der Waals surface area contributed by atoms with Crippen LogP contribution in [0.1, 0.15) is 22.8 Å². The number of hydrogen-bond acceptors (Lipinski definition) is 5. The minimum absolute atomic E-state index is 0.233. The monoisotopic (exact) mass is 301 g/mol. The molecule has 0 radical (unpaired) electrons. The van der Waals surface area contributed by atoms with Gasteiger partial charge in [-0.1, -0.05) is 54.6 Å². The molecule has 2 N–H and O–H groups in total. The number of methoxy groups -OCH3 is 1. The van der Waals surface area contributed by atoms with E-state index in [1.807, 2.05) is 36.4 Å². The number of nitrogens with one attached hydrogen (secondary N) is 1. The highest BCUT2D eigenvalue weighted by Crippen LogP contribution is 2.19. The van der Waals surface area contributed by atoms with Crippen LogP contribution in [-0.2, 0) is 27.5 Å². The van der Waals surface area contributed by atoms with Gasteiger partial charge in [0.2, 0.25) is 0 Å². The fourth-order valence-electron chi connectivity index (χ4n) is 2.03. The van der Waals surface area contributed by atoms with E-state index in [0.717, 1.165) is 11.1 Å². The first-order valence-corrected chi connectivity index (χ1v) is 6.94. The summed E-state index contributed by atoms with van der Waals surface area (Å²) < 4.78 is 4.56. The highest BCUT2D eigenvalue weighted by Gasteiger charge is 2.20. The van der Waals surface area contributed by atoms with Gasteiger partial charge >= 0.3 is 5.97 Å². The third kappa shape index (κ3) is 4.39. The maximum Gasteiger partial charge on any atom is 0.339 e. The van der Waals surface area contributed by atoms with Crippen molar-refractivity contribution < 1.29 is 19.5 Å². The molecule has 0 aliphatic heterocycles. The van der Waals surface area contributed by atoms with Crippen LogP contribution in [-0.4, -0.2) is 18.2 Å². The smallest absolute Gasteiger partial charge is 0.339 e. The highest BCUT2D eigenvalue weighted by molar-refractivity contribution is 5.76. The van der Waals surface area contributed by atoms with E-state index >= 15 is 0 Å². The first-order valence-electron chi connectivity index (χ1n) is 6.94. The fourth-order valence-corrected chi connectivity index (χ4v) is 2.03. The number of aliphatic hydroxyl groups is 1. The molecule has 2 rings (SSSR count). The summed E-state index contributed by atoms with van der Waals surface area (Å²) >= 11 is 0. The van der Waals surface area contributed by atoms with Crippen LogP contribution in [0.4, 0.5) is 0 Å². The second-order valence-electron chi connectivity index (χ2n) is 4.72. The van der Waals surface area contributed by atoms with E-state index in [2.05, 4.69) is 10.2 Å². The molecule has 0 bridgehead atoms. The topological polar surface area (TPSA) is 67.8 Å². The molecule has 2 aromatic carbocycles. The zero-order valence-electron chi connectivity index (χ0n) is 12.4. The fraction of sp³-hybridized carbons (Fsp3) is 0.235. The summed E-state index contributed by atoms with van der Waals surface area (Å²) in [6.45, 7) is 0.805. The second-order valence-corrected chi connectivity index (χ2v) is 4.72. The van der Waals surface area contributed by atoms with E-state index in [0.29, 0.717) is 12.1 Å². The van der Waals surface area contributed by atoms with Gasteiger partial charge in [0, 0.05) is 6.54 Å². The second kappa shape index (κ2) is 8.29. The molecule has 0 aromatic heterocycles. The Morgan fingerprint density at radius 3 is 2.55 bits per heavy atom. The van der Waals surface area contributed by atoms with Crippen molar-refractivity contribution in [3.63, 3.8) is 0 Å². The third-order valence-electron chi connectivity index (χ3n) is 3.22. The van der Waals surface area contributed by atoms with Gasteiger partial charge in [-0.05, 0) is 16.7 Å². The predicted octanol–water partition coefficient (Wildman–Crippen LogP) is 2.11. The molecule has 22 heavy (non-hydrogen) atoms. The van der Waals surface area contributed by atoms with Crippen LogP contribution in [0.5, 0.6) is 0 Å². The molecule has 0 aliphatic carbocycles. The Morgan fingerprint density at radius 1 is 1.14 bits per heavy atom. The molecule has 5 nitrogen and oxygen atoms in total. The molecule has 116 valence electrons. The number of carbonyl (C=O) groups is 1. The summed E-state index contributed by atoms with van der Waals surface area (Å²) in [5.74, 6) is -0.690.